The molecule has 0 spiro atoms. The Morgan fingerprint density at radius 3 is 2.73 bits per heavy atom. The first kappa shape index (κ1) is 18.4. The molecule has 0 saturated heterocycles. The third-order valence-electron chi connectivity index (χ3n) is 4.30. The number of rotatable bonds is 6. The van der Waals surface area contributed by atoms with Crippen LogP contribution in [-0.4, -0.2) is 50.6 Å². The molecule has 0 saturated carbocycles. The fourth-order valence-corrected chi connectivity index (χ4v) is 4.02. The van der Waals surface area contributed by atoms with Crippen molar-refractivity contribution in [3.8, 4) is 0 Å². The zero-order chi connectivity index (χ0) is 18.9. The van der Waals surface area contributed by atoms with Crippen LogP contribution in [0.15, 0.2) is 35.4 Å². The summed E-state index contributed by atoms with van der Waals surface area (Å²) in [4.78, 5) is 14.1. The van der Waals surface area contributed by atoms with Crippen molar-refractivity contribution < 1.29 is 22.3 Å². The molecule has 26 heavy (non-hydrogen) atoms. The highest BCUT2D eigenvalue weighted by Gasteiger charge is 2.28. The van der Waals surface area contributed by atoms with Crippen LogP contribution in [-0.2, 0) is 21.3 Å². The molecule has 1 amide bonds. The Kier molecular flexibility index (Phi) is 5.01. The molecule has 0 aliphatic carbocycles. The van der Waals surface area contributed by atoms with Gasteiger partial charge in [-0.15, -0.1) is 0 Å². The second kappa shape index (κ2) is 7.08. The van der Waals surface area contributed by atoms with Gasteiger partial charge in [-0.2, -0.15) is 0 Å². The van der Waals surface area contributed by atoms with Crippen molar-refractivity contribution in [2.45, 2.75) is 18.4 Å². The first-order chi connectivity index (χ1) is 12.3. The Labute approximate surface area is 151 Å². The molecule has 1 N–H and O–H groups in total. The van der Waals surface area contributed by atoms with Crippen molar-refractivity contribution in [1.29, 1.82) is 0 Å². The Morgan fingerprint density at radius 2 is 2.04 bits per heavy atom. The fourth-order valence-electron chi connectivity index (χ4n) is 2.85. The highest BCUT2D eigenvalue weighted by Crippen LogP contribution is 2.24. The molecule has 1 aromatic carbocycles. The number of halogens is 1. The van der Waals surface area contributed by atoms with Crippen LogP contribution in [0.1, 0.15) is 16.1 Å². The fraction of sp³-hybridized carbons (Fsp3) is 0.353. The van der Waals surface area contributed by atoms with E-state index in [1.54, 1.807) is 23.5 Å². The van der Waals surface area contributed by atoms with Gasteiger partial charge >= 0.3 is 0 Å². The number of anilines is 1. The quantitative estimate of drug-likeness (QED) is 0.828. The largest absolute Gasteiger partial charge is 0.383 e. The lowest BCUT2D eigenvalue weighted by molar-refractivity contribution is 0.0641. The molecule has 0 unspecified atom stereocenters. The van der Waals surface area contributed by atoms with Crippen LogP contribution in [0.3, 0.4) is 0 Å². The first-order valence-corrected chi connectivity index (χ1v) is 9.57. The van der Waals surface area contributed by atoms with E-state index in [4.69, 9.17) is 4.74 Å². The van der Waals surface area contributed by atoms with Crippen LogP contribution in [0, 0.1) is 12.7 Å². The van der Waals surface area contributed by atoms with E-state index in [0.29, 0.717) is 43.2 Å². The van der Waals surface area contributed by atoms with Crippen molar-refractivity contribution in [1.82, 2.24) is 9.47 Å². The van der Waals surface area contributed by atoms with Crippen LogP contribution < -0.4 is 4.72 Å². The number of hydrogen-bond donors (Lipinski definition) is 1. The van der Waals surface area contributed by atoms with Gasteiger partial charge in [0.1, 0.15) is 16.4 Å². The molecule has 2 heterocycles. The molecular weight excluding hydrogens is 361 g/mol. The number of hydrogen-bond acceptors (Lipinski definition) is 4. The molecular formula is C17H20FN3O4S. The van der Waals surface area contributed by atoms with Gasteiger partial charge in [-0.1, -0.05) is 0 Å². The molecule has 0 atom stereocenters. The summed E-state index contributed by atoms with van der Waals surface area (Å²) in [5.41, 5.74) is 1.09. The summed E-state index contributed by atoms with van der Waals surface area (Å²) in [5.74, 6) is -0.667. The minimum atomic E-state index is -3.89. The van der Waals surface area contributed by atoms with Gasteiger partial charge in [0.15, 0.2) is 0 Å². The lowest BCUT2D eigenvalue weighted by Gasteiger charge is -2.27. The summed E-state index contributed by atoms with van der Waals surface area (Å²) < 4.78 is 47.6. The first-order valence-electron chi connectivity index (χ1n) is 8.09. The number of fused-ring (bicyclic) bond motifs is 1. The van der Waals surface area contributed by atoms with Crippen LogP contribution >= 0.6 is 0 Å². The molecule has 0 radical (unpaired) electrons. The smallest absolute Gasteiger partial charge is 0.270 e. The Bertz CT molecular complexity index is 939. The van der Waals surface area contributed by atoms with Gasteiger partial charge in [0.05, 0.1) is 12.3 Å². The van der Waals surface area contributed by atoms with Crippen molar-refractivity contribution in [3.05, 3.63) is 47.5 Å². The van der Waals surface area contributed by atoms with Gasteiger partial charge in [0.2, 0.25) is 0 Å². The van der Waals surface area contributed by atoms with E-state index in [1.807, 2.05) is 0 Å². The molecule has 140 valence electrons. The summed E-state index contributed by atoms with van der Waals surface area (Å²) in [7, 11) is -2.33. The number of methoxy groups -OCH3 is 1. The van der Waals surface area contributed by atoms with Crippen molar-refractivity contribution >= 4 is 21.6 Å². The number of nitrogens with one attached hydrogen (secondary N) is 1. The molecule has 3 rings (SSSR count). The molecule has 0 fully saturated rings. The maximum absolute atomic E-state index is 13.2. The molecule has 0 bridgehead atoms. The molecule has 1 aliphatic rings. The maximum atomic E-state index is 13.2. The maximum Gasteiger partial charge on any atom is 0.270 e. The van der Waals surface area contributed by atoms with Crippen molar-refractivity contribution in [2.24, 2.45) is 0 Å². The summed E-state index contributed by atoms with van der Waals surface area (Å²) in [6, 6.07) is 5.17. The molecule has 9 heteroatoms. The number of ether oxygens (including phenoxy) is 1. The lowest BCUT2D eigenvalue weighted by Crippen LogP contribution is -2.41. The summed E-state index contributed by atoms with van der Waals surface area (Å²) in [6.07, 6.45) is 1.45. The minimum absolute atomic E-state index is 0.00170. The predicted molar refractivity (Wildman–Crippen MR) is 94.2 cm³/mol. The Hall–Kier alpha value is -2.39. The topological polar surface area (TPSA) is 80.6 Å². The summed E-state index contributed by atoms with van der Waals surface area (Å²) in [6.45, 7) is 3.49. The van der Waals surface area contributed by atoms with E-state index in [-0.39, 0.29) is 10.8 Å². The van der Waals surface area contributed by atoms with Crippen LogP contribution in [0.2, 0.25) is 0 Å². The monoisotopic (exact) mass is 381 g/mol. The third kappa shape index (κ3) is 3.58. The number of benzene rings is 1. The lowest BCUT2D eigenvalue weighted by atomic mass is 10.2. The van der Waals surface area contributed by atoms with Gasteiger partial charge in [0.25, 0.3) is 15.9 Å². The molecule has 1 aromatic heterocycles. The standard InChI is InChI=1S/C17H20FN3O4S/c1-12-9-13(18)3-4-15(12)19-26(23,24)14-10-16-17(22)20(7-8-25-2)5-6-21(16)11-14/h3-4,9-11,19H,5-8H2,1-2H3. The predicted octanol–water partition coefficient (Wildman–Crippen LogP) is 1.84. The summed E-state index contributed by atoms with van der Waals surface area (Å²) in [5, 5.41) is 0. The number of sulfonamides is 1. The molecule has 1 aliphatic heterocycles. The van der Waals surface area contributed by atoms with E-state index in [2.05, 4.69) is 4.72 Å². The molecule has 7 nitrogen and oxygen atoms in total. The van der Waals surface area contributed by atoms with E-state index in [9.17, 15) is 17.6 Å². The number of aryl methyl sites for hydroxylation is 1. The van der Waals surface area contributed by atoms with Crippen LogP contribution in [0.25, 0.3) is 0 Å². The van der Waals surface area contributed by atoms with Gasteiger partial charge in [-0.3, -0.25) is 9.52 Å². The zero-order valence-corrected chi connectivity index (χ0v) is 15.3. The van der Waals surface area contributed by atoms with Crippen molar-refractivity contribution in [3.63, 3.8) is 0 Å². The van der Waals surface area contributed by atoms with E-state index < -0.39 is 15.8 Å². The number of carbonyl (C=O) groups excluding carboxylic acids is 1. The highest BCUT2D eigenvalue weighted by atomic mass is 32.2. The van der Waals surface area contributed by atoms with E-state index in [0.717, 1.165) is 0 Å². The number of aromatic nitrogens is 1. The SMILES string of the molecule is COCCN1CCn2cc(S(=O)(=O)Nc3ccc(F)cc3C)cc2C1=O. The van der Waals surface area contributed by atoms with E-state index in [1.165, 1.54) is 30.5 Å². The van der Waals surface area contributed by atoms with Gasteiger partial charge in [-0.05, 0) is 36.8 Å². The Morgan fingerprint density at radius 1 is 1.27 bits per heavy atom. The van der Waals surface area contributed by atoms with Crippen LogP contribution in [0.5, 0.6) is 0 Å². The molecule has 2 aromatic rings. The highest BCUT2D eigenvalue weighted by molar-refractivity contribution is 7.92. The van der Waals surface area contributed by atoms with Gasteiger partial charge in [-0.25, -0.2) is 12.8 Å². The third-order valence-corrected chi connectivity index (χ3v) is 5.63. The minimum Gasteiger partial charge on any atom is -0.383 e. The Balaban J connectivity index is 1.85. The van der Waals surface area contributed by atoms with Crippen LogP contribution in [0.4, 0.5) is 10.1 Å². The number of carbonyl (C=O) groups is 1. The van der Waals surface area contributed by atoms with Crippen molar-refractivity contribution in [2.75, 3.05) is 31.5 Å². The van der Waals surface area contributed by atoms with E-state index >= 15 is 0 Å². The average Bonchev–Trinajstić information content (AvgIpc) is 3.03. The number of amides is 1. The second-order valence-corrected chi connectivity index (χ2v) is 7.79. The summed E-state index contributed by atoms with van der Waals surface area (Å²) >= 11 is 0. The van der Waals surface area contributed by atoms with Gasteiger partial charge in [0, 0.05) is 32.9 Å². The zero-order valence-electron chi connectivity index (χ0n) is 14.5. The average molecular weight is 381 g/mol. The number of nitrogens with zero attached hydrogens (tertiary/aromatic N) is 2. The normalized spacial score (nSPS) is 14.4. The second-order valence-electron chi connectivity index (χ2n) is 6.10. The van der Waals surface area contributed by atoms with Gasteiger partial charge < -0.3 is 14.2 Å².